The summed E-state index contributed by atoms with van der Waals surface area (Å²) in [5.74, 6) is -1.01. The molecule has 2 aliphatic rings. The van der Waals surface area contributed by atoms with Gasteiger partial charge in [-0.25, -0.2) is 4.98 Å². The number of carbonyl (C=O) groups is 3. The van der Waals surface area contributed by atoms with E-state index in [2.05, 4.69) is 20.6 Å². The molecule has 0 unspecified atom stereocenters. The summed E-state index contributed by atoms with van der Waals surface area (Å²) >= 11 is 0. The largest absolute Gasteiger partial charge is 0.350 e. The molecule has 3 aromatic rings. The molecule has 0 radical (unpaired) electrons. The summed E-state index contributed by atoms with van der Waals surface area (Å²) < 4.78 is 1.63. The van der Waals surface area contributed by atoms with Crippen LogP contribution in [-0.2, 0) is 24.4 Å². The van der Waals surface area contributed by atoms with E-state index in [1.807, 2.05) is 43.3 Å². The van der Waals surface area contributed by atoms with Gasteiger partial charge >= 0.3 is 0 Å². The van der Waals surface area contributed by atoms with E-state index in [0.717, 1.165) is 24.0 Å². The van der Waals surface area contributed by atoms with Crippen molar-refractivity contribution >= 4 is 17.7 Å². The Morgan fingerprint density at radius 1 is 1.06 bits per heavy atom. The van der Waals surface area contributed by atoms with E-state index in [1.54, 1.807) is 28.7 Å². The number of nitrogens with one attached hydrogen (secondary N) is 2. The fraction of sp³-hybridized carbons (Fsp3) is 0.346. The van der Waals surface area contributed by atoms with Gasteiger partial charge in [-0.1, -0.05) is 35.9 Å². The van der Waals surface area contributed by atoms with Gasteiger partial charge in [-0.2, -0.15) is 0 Å². The van der Waals surface area contributed by atoms with Crippen LogP contribution in [-0.4, -0.2) is 48.7 Å². The summed E-state index contributed by atoms with van der Waals surface area (Å²) in [6, 6.07) is 13.4. The molecule has 3 amide bonds. The second-order valence-electron chi connectivity index (χ2n) is 9.42. The second-order valence-corrected chi connectivity index (χ2v) is 9.42. The van der Waals surface area contributed by atoms with Crippen molar-refractivity contribution in [3.8, 4) is 0 Å². The molecule has 0 saturated heterocycles. The number of hydrogen-bond donors (Lipinski definition) is 2. The molecule has 35 heavy (non-hydrogen) atoms. The van der Waals surface area contributed by atoms with Gasteiger partial charge in [0.15, 0.2) is 5.69 Å². The summed E-state index contributed by atoms with van der Waals surface area (Å²) in [6.45, 7) is 4.63. The van der Waals surface area contributed by atoms with Crippen LogP contribution in [0.3, 0.4) is 0 Å². The maximum Gasteiger partial charge on any atom is 0.274 e. The molecule has 0 spiro atoms. The van der Waals surface area contributed by atoms with Gasteiger partial charge in [-0.3, -0.25) is 19.4 Å². The smallest absolute Gasteiger partial charge is 0.274 e. The number of fused-ring (bicyclic) bond motifs is 1. The molecule has 9 heteroatoms. The first-order chi connectivity index (χ1) is 16.9. The van der Waals surface area contributed by atoms with Crippen LogP contribution in [0, 0.1) is 6.92 Å². The van der Waals surface area contributed by atoms with E-state index >= 15 is 0 Å². The van der Waals surface area contributed by atoms with Crippen LogP contribution in [0.5, 0.6) is 0 Å². The third-order valence-electron chi connectivity index (χ3n) is 6.62. The van der Waals surface area contributed by atoms with Crippen molar-refractivity contribution in [1.82, 2.24) is 30.1 Å². The highest BCUT2D eigenvalue weighted by Gasteiger charge is 2.53. The fourth-order valence-electron chi connectivity index (χ4n) is 4.56. The number of hydrogen-bond acceptors (Lipinski definition) is 5. The first-order valence-electron chi connectivity index (χ1n) is 11.8. The number of imidazole rings is 1. The zero-order valence-corrected chi connectivity index (χ0v) is 19.8. The monoisotopic (exact) mass is 472 g/mol. The Kier molecular flexibility index (Phi) is 5.84. The van der Waals surface area contributed by atoms with Crippen molar-refractivity contribution in [3.63, 3.8) is 0 Å². The summed E-state index contributed by atoms with van der Waals surface area (Å²) in [4.78, 5) is 50.1. The predicted octanol–water partition coefficient (Wildman–Crippen LogP) is 2.21. The first kappa shape index (κ1) is 22.8. The molecule has 1 atom stereocenters. The maximum atomic E-state index is 13.7. The lowest BCUT2D eigenvalue weighted by molar-refractivity contribution is -0.133. The van der Waals surface area contributed by atoms with Crippen molar-refractivity contribution in [3.05, 3.63) is 83.2 Å². The number of amides is 3. The average molecular weight is 473 g/mol. The number of aromatic nitrogens is 3. The molecule has 0 bridgehead atoms. The number of benzene rings is 1. The average Bonchev–Trinajstić information content (AvgIpc) is 3.60. The molecule has 9 nitrogen and oxygen atoms in total. The van der Waals surface area contributed by atoms with E-state index in [-0.39, 0.29) is 42.3 Å². The Labute approximate surface area is 203 Å². The van der Waals surface area contributed by atoms with Crippen LogP contribution in [0.1, 0.15) is 57.6 Å². The van der Waals surface area contributed by atoms with Crippen LogP contribution >= 0.6 is 0 Å². The number of pyridine rings is 1. The SMILES string of the molecule is Cc1ccc(CNC(=O)[C@@]2(C)Cn3cnc(C(=O)NCc4ccccn4)c3C(=O)N2C2CC2)cc1. The molecule has 1 fully saturated rings. The quantitative estimate of drug-likeness (QED) is 0.548. The van der Waals surface area contributed by atoms with E-state index in [0.29, 0.717) is 12.2 Å². The Balaban J connectivity index is 1.36. The minimum atomic E-state index is -1.08. The Morgan fingerprint density at radius 2 is 1.83 bits per heavy atom. The van der Waals surface area contributed by atoms with Crippen LogP contribution in [0.2, 0.25) is 0 Å². The molecule has 1 aliphatic heterocycles. The first-order valence-corrected chi connectivity index (χ1v) is 11.8. The molecule has 1 aliphatic carbocycles. The highest BCUT2D eigenvalue weighted by Crippen LogP contribution is 2.38. The van der Waals surface area contributed by atoms with Crippen molar-refractivity contribution in [1.29, 1.82) is 0 Å². The van der Waals surface area contributed by atoms with Gasteiger partial charge in [0.1, 0.15) is 11.2 Å². The molecule has 5 rings (SSSR count). The lowest BCUT2D eigenvalue weighted by Gasteiger charge is -2.44. The summed E-state index contributed by atoms with van der Waals surface area (Å²) in [7, 11) is 0. The van der Waals surface area contributed by atoms with Crippen molar-refractivity contribution < 1.29 is 14.4 Å². The highest BCUT2D eigenvalue weighted by molar-refractivity contribution is 6.07. The van der Waals surface area contributed by atoms with Crippen LogP contribution in [0.15, 0.2) is 55.0 Å². The van der Waals surface area contributed by atoms with Crippen LogP contribution < -0.4 is 10.6 Å². The van der Waals surface area contributed by atoms with Crippen molar-refractivity contribution in [2.45, 2.75) is 57.9 Å². The molecule has 2 N–H and O–H groups in total. The third kappa shape index (κ3) is 4.41. The summed E-state index contributed by atoms with van der Waals surface area (Å²) in [5, 5.41) is 5.80. The van der Waals surface area contributed by atoms with E-state index in [9.17, 15) is 14.4 Å². The fourth-order valence-corrected chi connectivity index (χ4v) is 4.56. The number of aryl methyl sites for hydroxylation is 1. The minimum Gasteiger partial charge on any atom is -0.350 e. The molecular formula is C26H28N6O3. The Morgan fingerprint density at radius 3 is 2.51 bits per heavy atom. The van der Waals surface area contributed by atoms with Crippen molar-refractivity contribution in [2.24, 2.45) is 0 Å². The van der Waals surface area contributed by atoms with E-state index in [1.165, 1.54) is 6.33 Å². The Hall–Kier alpha value is -4.01. The zero-order chi connectivity index (χ0) is 24.6. The van der Waals surface area contributed by atoms with E-state index < -0.39 is 11.4 Å². The van der Waals surface area contributed by atoms with Gasteiger partial charge in [0.05, 0.1) is 25.1 Å². The number of carbonyl (C=O) groups excluding carboxylic acids is 3. The Bertz CT molecular complexity index is 1270. The molecular weight excluding hydrogens is 444 g/mol. The van der Waals surface area contributed by atoms with Crippen LogP contribution in [0.25, 0.3) is 0 Å². The lowest BCUT2D eigenvalue weighted by Crippen LogP contribution is -2.64. The number of rotatable bonds is 7. The third-order valence-corrected chi connectivity index (χ3v) is 6.62. The lowest BCUT2D eigenvalue weighted by atomic mass is 9.93. The summed E-state index contributed by atoms with van der Waals surface area (Å²) in [5.41, 5.74) is 2.05. The van der Waals surface area contributed by atoms with Gasteiger partial charge in [0, 0.05) is 18.8 Å². The van der Waals surface area contributed by atoms with Gasteiger partial charge in [-0.15, -0.1) is 0 Å². The van der Waals surface area contributed by atoms with E-state index in [4.69, 9.17) is 0 Å². The topological polar surface area (TPSA) is 109 Å². The zero-order valence-electron chi connectivity index (χ0n) is 19.8. The summed E-state index contributed by atoms with van der Waals surface area (Å²) in [6.07, 6.45) is 4.80. The molecule has 180 valence electrons. The van der Waals surface area contributed by atoms with Gasteiger partial charge in [-0.05, 0) is 44.4 Å². The normalized spacial score (nSPS) is 19.3. The second kappa shape index (κ2) is 8.98. The highest BCUT2D eigenvalue weighted by atomic mass is 16.2. The predicted molar refractivity (Wildman–Crippen MR) is 128 cm³/mol. The molecule has 3 heterocycles. The standard InChI is InChI=1S/C26H28N6O3/c1-17-6-8-18(9-7-17)13-29-25(35)26(2)15-31-16-30-21(22(31)24(34)32(26)20-10-11-20)23(33)28-14-19-5-3-4-12-27-19/h3-9,12,16,20H,10-11,13-15H2,1-2H3,(H,28,33)(H,29,35)/t26-/m1/s1. The van der Waals surface area contributed by atoms with Crippen LogP contribution in [0.4, 0.5) is 0 Å². The van der Waals surface area contributed by atoms with Crippen molar-refractivity contribution in [2.75, 3.05) is 0 Å². The minimum absolute atomic E-state index is 0.0225. The molecule has 1 saturated carbocycles. The molecule has 2 aromatic heterocycles. The van der Waals surface area contributed by atoms with Gasteiger partial charge in [0.2, 0.25) is 5.91 Å². The van der Waals surface area contributed by atoms with Gasteiger partial charge in [0.25, 0.3) is 11.8 Å². The number of nitrogens with zero attached hydrogens (tertiary/aromatic N) is 4. The molecule has 1 aromatic carbocycles. The van der Waals surface area contributed by atoms with Gasteiger partial charge < -0.3 is 20.1 Å². The maximum absolute atomic E-state index is 13.7.